The highest BCUT2D eigenvalue weighted by molar-refractivity contribution is 9.10. The van der Waals surface area contributed by atoms with E-state index < -0.39 is 0 Å². The predicted molar refractivity (Wildman–Crippen MR) is 101 cm³/mol. The third-order valence-corrected chi connectivity index (χ3v) is 5.34. The molecule has 2 aromatic heterocycles. The molecule has 1 saturated heterocycles. The summed E-state index contributed by atoms with van der Waals surface area (Å²) in [6, 6.07) is 9.66. The van der Waals surface area contributed by atoms with Crippen molar-refractivity contribution in [3.8, 4) is 0 Å². The highest BCUT2D eigenvalue weighted by Crippen LogP contribution is 2.32. The summed E-state index contributed by atoms with van der Waals surface area (Å²) in [4.78, 5) is 22.8. The van der Waals surface area contributed by atoms with Gasteiger partial charge in [0.15, 0.2) is 5.15 Å². The first kappa shape index (κ1) is 17.3. The maximum atomic E-state index is 12.4. The van der Waals surface area contributed by atoms with Crippen molar-refractivity contribution >= 4 is 39.1 Å². The van der Waals surface area contributed by atoms with Gasteiger partial charge in [-0.15, -0.1) is 0 Å². The van der Waals surface area contributed by atoms with Crippen LogP contribution >= 0.6 is 27.5 Å². The molecule has 1 aromatic carbocycles. The van der Waals surface area contributed by atoms with Crippen molar-refractivity contribution < 1.29 is 9.53 Å². The number of ether oxygens (including phenoxy) is 1. The van der Waals surface area contributed by atoms with Gasteiger partial charge in [-0.1, -0.05) is 41.9 Å². The van der Waals surface area contributed by atoms with Crippen molar-refractivity contribution in [3.05, 3.63) is 63.9 Å². The van der Waals surface area contributed by atoms with Gasteiger partial charge in [0.2, 0.25) is 0 Å². The molecule has 0 spiro atoms. The number of fused-ring (bicyclic) bond motifs is 1. The molecule has 26 heavy (non-hydrogen) atoms. The van der Waals surface area contributed by atoms with E-state index in [1.54, 1.807) is 11.1 Å². The van der Waals surface area contributed by atoms with Crippen molar-refractivity contribution in [2.75, 3.05) is 13.1 Å². The molecule has 1 aliphatic rings. The number of carbonyl (C=O) groups is 1. The second-order valence-electron chi connectivity index (χ2n) is 6.17. The molecule has 1 atom stereocenters. The molecule has 0 aliphatic carbocycles. The van der Waals surface area contributed by atoms with Crippen LogP contribution in [0.25, 0.3) is 5.52 Å². The summed E-state index contributed by atoms with van der Waals surface area (Å²) >= 11 is 9.62. The van der Waals surface area contributed by atoms with Crippen LogP contribution in [0.15, 0.2) is 47.3 Å². The fourth-order valence-corrected chi connectivity index (χ4v) is 4.13. The van der Waals surface area contributed by atoms with Gasteiger partial charge in [0, 0.05) is 31.4 Å². The third-order valence-electron chi connectivity index (χ3n) is 4.51. The number of carbonyl (C=O) groups excluding carboxylic acids is 1. The maximum absolute atomic E-state index is 12.4. The van der Waals surface area contributed by atoms with Crippen LogP contribution in [0.1, 0.15) is 23.7 Å². The Morgan fingerprint density at radius 3 is 2.96 bits per heavy atom. The summed E-state index contributed by atoms with van der Waals surface area (Å²) in [7, 11) is 0. The second-order valence-corrected chi connectivity index (χ2v) is 7.28. The molecule has 0 radical (unpaired) electrons. The van der Waals surface area contributed by atoms with E-state index in [2.05, 4.69) is 25.9 Å². The average molecular weight is 436 g/mol. The van der Waals surface area contributed by atoms with Crippen molar-refractivity contribution in [2.24, 2.45) is 0 Å². The van der Waals surface area contributed by atoms with E-state index in [1.807, 2.05) is 40.9 Å². The first-order valence-corrected chi connectivity index (χ1v) is 9.44. The van der Waals surface area contributed by atoms with Gasteiger partial charge in [-0.2, -0.15) is 0 Å². The lowest BCUT2D eigenvalue weighted by atomic mass is 10.1. The molecule has 0 unspecified atom stereocenters. The normalized spacial score (nSPS) is 17.0. The van der Waals surface area contributed by atoms with Gasteiger partial charge in [0.1, 0.15) is 22.6 Å². The molecule has 1 fully saturated rings. The Balaban J connectivity index is 1.45. The monoisotopic (exact) mass is 434 g/mol. The number of rotatable bonds is 3. The van der Waals surface area contributed by atoms with E-state index >= 15 is 0 Å². The van der Waals surface area contributed by atoms with E-state index in [0.717, 1.165) is 23.3 Å². The number of benzene rings is 1. The summed E-state index contributed by atoms with van der Waals surface area (Å²) in [6.45, 7) is 1.49. The number of imidazole rings is 1. The molecule has 0 N–H and O–H groups in total. The largest absolute Gasteiger partial charge is 0.445 e. The van der Waals surface area contributed by atoms with Crippen molar-refractivity contribution in [2.45, 2.75) is 18.9 Å². The number of likely N-dealkylation sites (tertiary alicyclic amines) is 1. The Hall–Kier alpha value is -2.12. The molecule has 0 bridgehead atoms. The molecule has 3 aromatic rings. The average Bonchev–Trinajstić information content (AvgIpc) is 3.26. The van der Waals surface area contributed by atoms with Crippen LogP contribution in [-0.2, 0) is 11.3 Å². The standard InChI is InChI=1S/C18H16BrClN4O2/c19-15-14-16(20)21-7-9-24(14)17(22-15)13-6-8-23(10-13)18(25)26-11-12-4-2-1-3-5-12/h1-5,7,9,13H,6,8,10-11H2/t13-/m0/s1. The van der Waals surface area contributed by atoms with Crippen LogP contribution in [0.3, 0.4) is 0 Å². The Labute approximate surface area is 163 Å². The highest BCUT2D eigenvalue weighted by atomic mass is 79.9. The quantitative estimate of drug-likeness (QED) is 0.616. The van der Waals surface area contributed by atoms with Crippen molar-refractivity contribution in [1.82, 2.24) is 19.3 Å². The molecule has 1 amide bonds. The van der Waals surface area contributed by atoms with Gasteiger partial charge in [-0.3, -0.25) is 4.40 Å². The molecule has 1 aliphatic heterocycles. The molecule has 134 valence electrons. The molecule has 4 rings (SSSR count). The fraction of sp³-hybridized carbons (Fsp3) is 0.278. The molecule has 6 nitrogen and oxygen atoms in total. The van der Waals surface area contributed by atoms with Gasteiger partial charge in [-0.05, 0) is 27.9 Å². The van der Waals surface area contributed by atoms with Crippen molar-refractivity contribution in [1.29, 1.82) is 0 Å². The van der Waals surface area contributed by atoms with Crippen LogP contribution in [-0.4, -0.2) is 38.5 Å². The summed E-state index contributed by atoms with van der Waals surface area (Å²) in [5, 5.41) is 0.398. The summed E-state index contributed by atoms with van der Waals surface area (Å²) in [6.07, 6.45) is 4.01. The second kappa shape index (κ2) is 7.25. The van der Waals surface area contributed by atoms with E-state index in [0.29, 0.717) is 22.8 Å². The zero-order valence-corrected chi connectivity index (χ0v) is 16.2. The number of hydrogen-bond acceptors (Lipinski definition) is 4. The smallest absolute Gasteiger partial charge is 0.410 e. The topological polar surface area (TPSA) is 59.7 Å². The number of halogens is 2. The number of aromatic nitrogens is 3. The van der Waals surface area contributed by atoms with Crippen LogP contribution < -0.4 is 0 Å². The van der Waals surface area contributed by atoms with Gasteiger partial charge < -0.3 is 9.64 Å². The fourth-order valence-electron chi connectivity index (χ4n) is 3.22. The Kier molecular flexibility index (Phi) is 4.82. The SMILES string of the molecule is O=C(OCc1ccccc1)N1CC[C@H](c2nc(Br)c3c(Cl)nccn23)C1. The van der Waals surface area contributed by atoms with E-state index in [4.69, 9.17) is 16.3 Å². The zero-order chi connectivity index (χ0) is 18.1. The maximum Gasteiger partial charge on any atom is 0.410 e. The minimum absolute atomic E-state index is 0.122. The van der Waals surface area contributed by atoms with E-state index in [9.17, 15) is 4.79 Å². The Bertz CT molecular complexity index is 947. The highest BCUT2D eigenvalue weighted by Gasteiger charge is 2.31. The molecular weight excluding hydrogens is 420 g/mol. The van der Waals surface area contributed by atoms with Gasteiger partial charge in [0.05, 0.1) is 0 Å². The first-order chi connectivity index (χ1) is 12.6. The van der Waals surface area contributed by atoms with Gasteiger partial charge in [0.25, 0.3) is 0 Å². The van der Waals surface area contributed by atoms with Crippen LogP contribution in [0.5, 0.6) is 0 Å². The zero-order valence-electron chi connectivity index (χ0n) is 13.8. The van der Waals surface area contributed by atoms with Gasteiger partial charge in [-0.25, -0.2) is 14.8 Å². The lowest BCUT2D eigenvalue weighted by Crippen LogP contribution is -2.29. The molecule has 0 saturated carbocycles. The Morgan fingerprint density at radius 2 is 2.15 bits per heavy atom. The molecule has 8 heteroatoms. The minimum Gasteiger partial charge on any atom is -0.445 e. The van der Waals surface area contributed by atoms with Crippen molar-refractivity contribution in [3.63, 3.8) is 0 Å². The molecular formula is C18H16BrClN4O2. The number of nitrogens with zero attached hydrogens (tertiary/aromatic N) is 4. The summed E-state index contributed by atoms with van der Waals surface area (Å²) < 4.78 is 8.02. The molecule has 3 heterocycles. The first-order valence-electron chi connectivity index (χ1n) is 8.27. The van der Waals surface area contributed by atoms with E-state index in [1.165, 1.54) is 0 Å². The van der Waals surface area contributed by atoms with E-state index in [-0.39, 0.29) is 18.6 Å². The van der Waals surface area contributed by atoms with Gasteiger partial charge >= 0.3 is 6.09 Å². The van der Waals surface area contributed by atoms with Crippen LogP contribution in [0.2, 0.25) is 5.15 Å². The Morgan fingerprint density at radius 1 is 1.35 bits per heavy atom. The minimum atomic E-state index is -0.295. The number of amides is 1. The summed E-state index contributed by atoms with van der Waals surface area (Å²) in [5.74, 6) is 0.992. The number of hydrogen-bond donors (Lipinski definition) is 0. The predicted octanol–water partition coefficient (Wildman–Crippen LogP) is 4.27. The third kappa shape index (κ3) is 3.29. The summed E-state index contributed by atoms with van der Waals surface area (Å²) in [5.41, 5.74) is 1.72. The lowest BCUT2D eigenvalue weighted by Gasteiger charge is -2.16. The van der Waals surface area contributed by atoms with Crippen LogP contribution in [0.4, 0.5) is 4.79 Å². The lowest BCUT2D eigenvalue weighted by molar-refractivity contribution is 0.104. The van der Waals surface area contributed by atoms with Crippen LogP contribution in [0, 0.1) is 0 Å².